The number of hydrogen-bond donors (Lipinski definition) is 0. The summed E-state index contributed by atoms with van der Waals surface area (Å²) in [7, 11) is 0. The van der Waals surface area contributed by atoms with Gasteiger partial charge < -0.3 is 0 Å². The second kappa shape index (κ2) is 4.65. The Morgan fingerprint density at radius 2 is 1.88 bits per heavy atom. The van der Waals surface area contributed by atoms with E-state index in [1.807, 2.05) is 6.20 Å². The van der Waals surface area contributed by atoms with Gasteiger partial charge in [-0.3, -0.25) is 4.99 Å². The fourth-order valence-electron chi connectivity index (χ4n) is 1.98. The van der Waals surface area contributed by atoms with E-state index in [1.165, 1.54) is 16.8 Å². The quantitative estimate of drug-likeness (QED) is 0.704. The van der Waals surface area contributed by atoms with Crippen molar-refractivity contribution in [2.75, 3.05) is 0 Å². The van der Waals surface area contributed by atoms with Crippen LogP contribution in [0.3, 0.4) is 0 Å². The van der Waals surface area contributed by atoms with Gasteiger partial charge in [0.25, 0.3) is 0 Å². The van der Waals surface area contributed by atoms with Gasteiger partial charge in [-0.05, 0) is 30.7 Å². The average Bonchev–Trinajstić information content (AvgIpc) is 2.30. The monoisotopic (exact) mass is 213 g/mol. The molecule has 1 aromatic rings. The van der Waals surface area contributed by atoms with E-state index in [2.05, 4.69) is 56.1 Å². The van der Waals surface area contributed by atoms with Crippen molar-refractivity contribution in [3.05, 3.63) is 47.7 Å². The smallest absolute Gasteiger partial charge is 0.0481 e. The zero-order valence-corrected chi connectivity index (χ0v) is 10.3. The fourth-order valence-corrected chi connectivity index (χ4v) is 1.98. The largest absolute Gasteiger partial charge is 0.261 e. The fraction of sp³-hybridized carbons (Fsp3) is 0.400. The van der Waals surface area contributed by atoms with Crippen molar-refractivity contribution in [2.45, 2.75) is 27.2 Å². The van der Waals surface area contributed by atoms with Crippen LogP contribution in [0.15, 0.2) is 41.5 Å². The maximum atomic E-state index is 4.50. The molecule has 1 aliphatic rings. The van der Waals surface area contributed by atoms with Gasteiger partial charge in [0.1, 0.15) is 0 Å². The molecular weight excluding hydrogens is 194 g/mol. The molecule has 1 aromatic carbocycles. The molecule has 84 valence electrons. The number of hydrogen-bond acceptors (Lipinski definition) is 1. The van der Waals surface area contributed by atoms with E-state index >= 15 is 0 Å². The van der Waals surface area contributed by atoms with Crippen molar-refractivity contribution in [3.8, 4) is 0 Å². The maximum Gasteiger partial charge on any atom is 0.0481 e. The molecule has 0 saturated carbocycles. The SMILES string of the molecule is Cc1ccc(C2=NC=CC(C(C)C)C2)cc1. The molecule has 1 aliphatic heterocycles. The van der Waals surface area contributed by atoms with Crippen LogP contribution in [0.4, 0.5) is 0 Å². The molecule has 0 saturated heterocycles. The number of aliphatic imine (C=N–C) groups is 1. The van der Waals surface area contributed by atoms with Crippen LogP contribution in [0.5, 0.6) is 0 Å². The molecule has 1 unspecified atom stereocenters. The molecule has 0 radical (unpaired) electrons. The average molecular weight is 213 g/mol. The minimum absolute atomic E-state index is 0.633. The summed E-state index contributed by atoms with van der Waals surface area (Å²) in [5, 5.41) is 0. The molecule has 0 N–H and O–H groups in total. The van der Waals surface area contributed by atoms with E-state index in [1.54, 1.807) is 0 Å². The normalized spacial score (nSPS) is 20.0. The summed E-state index contributed by atoms with van der Waals surface area (Å²) in [6.45, 7) is 6.66. The zero-order chi connectivity index (χ0) is 11.5. The summed E-state index contributed by atoms with van der Waals surface area (Å²) in [6.07, 6.45) is 5.25. The van der Waals surface area contributed by atoms with Crippen LogP contribution in [0, 0.1) is 18.8 Å². The minimum Gasteiger partial charge on any atom is -0.261 e. The van der Waals surface area contributed by atoms with Gasteiger partial charge in [-0.25, -0.2) is 0 Å². The molecule has 0 aliphatic carbocycles. The van der Waals surface area contributed by atoms with Gasteiger partial charge in [-0.2, -0.15) is 0 Å². The third kappa shape index (κ3) is 2.41. The lowest BCUT2D eigenvalue weighted by atomic mass is 9.87. The summed E-state index contributed by atoms with van der Waals surface area (Å²) < 4.78 is 0. The second-order valence-electron chi connectivity index (χ2n) is 4.90. The number of allylic oxidation sites excluding steroid dienone is 1. The molecule has 1 heteroatoms. The van der Waals surface area contributed by atoms with Crippen molar-refractivity contribution in [1.29, 1.82) is 0 Å². The summed E-state index contributed by atoms with van der Waals surface area (Å²) in [5.41, 5.74) is 3.79. The summed E-state index contributed by atoms with van der Waals surface area (Å²) in [5.74, 6) is 1.32. The summed E-state index contributed by atoms with van der Waals surface area (Å²) in [6, 6.07) is 8.65. The number of rotatable bonds is 2. The molecule has 1 nitrogen and oxygen atoms in total. The van der Waals surface area contributed by atoms with Crippen LogP contribution in [-0.4, -0.2) is 5.71 Å². The third-order valence-corrected chi connectivity index (χ3v) is 3.23. The predicted octanol–water partition coefficient (Wildman–Crippen LogP) is 3.97. The Labute approximate surface area is 97.9 Å². The van der Waals surface area contributed by atoms with Crippen LogP contribution in [0.2, 0.25) is 0 Å². The number of nitrogens with zero attached hydrogens (tertiary/aromatic N) is 1. The topological polar surface area (TPSA) is 12.4 Å². The highest BCUT2D eigenvalue weighted by molar-refractivity contribution is 6.01. The zero-order valence-electron chi connectivity index (χ0n) is 10.3. The molecule has 0 aromatic heterocycles. The minimum atomic E-state index is 0.633. The van der Waals surface area contributed by atoms with Crippen LogP contribution >= 0.6 is 0 Å². The van der Waals surface area contributed by atoms with Crippen molar-refractivity contribution < 1.29 is 0 Å². The molecule has 1 atom stereocenters. The van der Waals surface area contributed by atoms with Crippen molar-refractivity contribution >= 4 is 5.71 Å². The molecule has 0 spiro atoms. The second-order valence-corrected chi connectivity index (χ2v) is 4.90. The highest BCUT2D eigenvalue weighted by atomic mass is 14.7. The standard InChI is InChI=1S/C15H19N/c1-11(2)14-8-9-16-15(10-14)13-6-4-12(3)5-7-13/h4-9,11,14H,10H2,1-3H3. The van der Waals surface area contributed by atoms with Crippen molar-refractivity contribution in [3.63, 3.8) is 0 Å². The first-order valence-electron chi connectivity index (χ1n) is 5.97. The number of benzene rings is 1. The highest BCUT2D eigenvalue weighted by Crippen LogP contribution is 2.23. The Morgan fingerprint density at radius 1 is 1.19 bits per heavy atom. The molecule has 2 rings (SSSR count). The molecule has 0 amide bonds. The highest BCUT2D eigenvalue weighted by Gasteiger charge is 2.16. The molecular formula is C15H19N. The van der Waals surface area contributed by atoms with Crippen LogP contribution < -0.4 is 0 Å². The third-order valence-electron chi connectivity index (χ3n) is 3.23. The molecule has 0 fully saturated rings. The Kier molecular flexibility index (Phi) is 3.23. The van der Waals surface area contributed by atoms with Gasteiger partial charge in [0.2, 0.25) is 0 Å². The molecule has 1 heterocycles. The van der Waals surface area contributed by atoms with E-state index in [0.717, 1.165) is 6.42 Å². The van der Waals surface area contributed by atoms with Crippen molar-refractivity contribution in [2.24, 2.45) is 16.8 Å². The van der Waals surface area contributed by atoms with E-state index in [4.69, 9.17) is 0 Å². The van der Waals surface area contributed by atoms with Crippen LogP contribution in [0.25, 0.3) is 0 Å². The van der Waals surface area contributed by atoms with Gasteiger partial charge in [-0.15, -0.1) is 0 Å². The molecule has 16 heavy (non-hydrogen) atoms. The lowest BCUT2D eigenvalue weighted by Gasteiger charge is -2.20. The Morgan fingerprint density at radius 3 is 2.50 bits per heavy atom. The van der Waals surface area contributed by atoms with E-state index in [0.29, 0.717) is 11.8 Å². The Bertz CT molecular complexity index is 410. The van der Waals surface area contributed by atoms with E-state index in [9.17, 15) is 0 Å². The van der Waals surface area contributed by atoms with Crippen LogP contribution in [0.1, 0.15) is 31.4 Å². The lowest BCUT2D eigenvalue weighted by molar-refractivity contribution is 0.476. The summed E-state index contributed by atoms with van der Waals surface area (Å²) in [4.78, 5) is 4.50. The van der Waals surface area contributed by atoms with E-state index < -0.39 is 0 Å². The first-order chi connectivity index (χ1) is 7.66. The Hall–Kier alpha value is -1.37. The first-order valence-corrected chi connectivity index (χ1v) is 5.97. The van der Waals surface area contributed by atoms with Gasteiger partial charge in [0.15, 0.2) is 0 Å². The van der Waals surface area contributed by atoms with E-state index in [-0.39, 0.29) is 0 Å². The van der Waals surface area contributed by atoms with Gasteiger partial charge in [0.05, 0.1) is 0 Å². The Balaban J connectivity index is 2.20. The lowest BCUT2D eigenvalue weighted by Crippen LogP contribution is -2.15. The number of aryl methyl sites for hydroxylation is 1. The van der Waals surface area contributed by atoms with Gasteiger partial charge >= 0.3 is 0 Å². The van der Waals surface area contributed by atoms with Gasteiger partial charge in [-0.1, -0.05) is 49.8 Å². The first kappa shape index (κ1) is 11.1. The van der Waals surface area contributed by atoms with Crippen molar-refractivity contribution in [1.82, 2.24) is 0 Å². The maximum absolute atomic E-state index is 4.50. The van der Waals surface area contributed by atoms with Crippen LogP contribution in [-0.2, 0) is 0 Å². The summed E-state index contributed by atoms with van der Waals surface area (Å²) >= 11 is 0. The predicted molar refractivity (Wildman–Crippen MR) is 69.8 cm³/mol. The molecule has 0 bridgehead atoms. The van der Waals surface area contributed by atoms with Gasteiger partial charge in [0, 0.05) is 11.9 Å².